The first-order chi connectivity index (χ1) is 10.1. The van der Waals surface area contributed by atoms with Gasteiger partial charge in [-0.25, -0.2) is 4.39 Å². The molecule has 0 bridgehead atoms. The number of likely N-dealkylation sites (tertiary alicyclic amines) is 1. The molecule has 0 saturated carbocycles. The van der Waals surface area contributed by atoms with Gasteiger partial charge in [-0.05, 0) is 63.4 Å². The molecular formula is C17H27FN2O. The van der Waals surface area contributed by atoms with Gasteiger partial charge in [0.2, 0.25) is 0 Å². The molecular weight excluding hydrogens is 267 g/mol. The third-order valence-corrected chi connectivity index (χ3v) is 4.47. The van der Waals surface area contributed by atoms with Gasteiger partial charge in [-0.15, -0.1) is 0 Å². The van der Waals surface area contributed by atoms with Crippen molar-refractivity contribution in [2.45, 2.75) is 38.6 Å². The Hall–Kier alpha value is -1.13. The molecule has 1 aliphatic rings. The van der Waals surface area contributed by atoms with E-state index in [2.05, 4.69) is 11.8 Å². The van der Waals surface area contributed by atoms with Crippen molar-refractivity contribution in [3.63, 3.8) is 0 Å². The van der Waals surface area contributed by atoms with E-state index in [-0.39, 0.29) is 11.9 Å². The van der Waals surface area contributed by atoms with E-state index >= 15 is 0 Å². The molecule has 0 aromatic heterocycles. The third kappa shape index (κ3) is 4.42. The Bertz CT molecular complexity index is 452. The Morgan fingerprint density at radius 2 is 2.19 bits per heavy atom. The van der Waals surface area contributed by atoms with Crippen LogP contribution in [-0.4, -0.2) is 31.6 Å². The smallest absolute Gasteiger partial charge is 0.131 e. The van der Waals surface area contributed by atoms with Crippen molar-refractivity contribution in [3.8, 4) is 5.75 Å². The molecule has 3 nitrogen and oxygen atoms in total. The molecule has 2 atom stereocenters. The van der Waals surface area contributed by atoms with E-state index in [1.54, 1.807) is 19.2 Å². The summed E-state index contributed by atoms with van der Waals surface area (Å²) in [6.45, 7) is 5.50. The fourth-order valence-corrected chi connectivity index (χ4v) is 3.07. The summed E-state index contributed by atoms with van der Waals surface area (Å²) < 4.78 is 19.2. The maximum atomic E-state index is 14.0. The van der Waals surface area contributed by atoms with Crippen LogP contribution >= 0.6 is 0 Å². The minimum Gasteiger partial charge on any atom is -0.496 e. The summed E-state index contributed by atoms with van der Waals surface area (Å²) in [6, 6.07) is 4.56. The van der Waals surface area contributed by atoms with Crippen LogP contribution in [0.5, 0.6) is 5.75 Å². The molecule has 0 aliphatic carbocycles. The summed E-state index contributed by atoms with van der Waals surface area (Å²) in [7, 11) is 1.56. The number of nitrogens with two attached hydrogens (primary N) is 1. The predicted octanol–water partition coefficient (Wildman–Crippen LogP) is 3.35. The Morgan fingerprint density at radius 1 is 1.38 bits per heavy atom. The summed E-state index contributed by atoms with van der Waals surface area (Å²) in [5.74, 6) is 1.09. The number of methoxy groups -OCH3 is 1. The zero-order valence-electron chi connectivity index (χ0n) is 13.1. The Kier molecular flexibility index (Phi) is 6.00. The molecule has 2 rings (SSSR count). The van der Waals surface area contributed by atoms with Gasteiger partial charge in [0.15, 0.2) is 0 Å². The average molecular weight is 294 g/mol. The molecule has 118 valence electrons. The van der Waals surface area contributed by atoms with Crippen LogP contribution in [0.4, 0.5) is 4.39 Å². The molecule has 2 N–H and O–H groups in total. The Labute approximate surface area is 127 Å². The molecule has 1 aromatic rings. The minimum absolute atomic E-state index is 0.272. The summed E-state index contributed by atoms with van der Waals surface area (Å²) in [6.07, 6.45) is 4.56. The molecule has 21 heavy (non-hydrogen) atoms. The van der Waals surface area contributed by atoms with Crippen molar-refractivity contribution < 1.29 is 9.13 Å². The number of hydrogen-bond donors (Lipinski definition) is 1. The van der Waals surface area contributed by atoms with Crippen molar-refractivity contribution >= 4 is 0 Å². The standard InChI is InChI=1S/C17H27FN2O/c1-13-5-4-10-20(11-8-13)12-9-15(19)17-14(18)6-3-7-16(17)21-2/h3,6-7,13,15H,4-5,8-12,19H2,1-2H3. The van der Waals surface area contributed by atoms with E-state index in [9.17, 15) is 4.39 Å². The molecule has 0 radical (unpaired) electrons. The quantitative estimate of drug-likeness (QED) is 0.905. The fourth-order valence-electron chi connectivity index (χ4n) is 3.07. The van der Waals surface area contributed by atoms with Crippen molar-refractivity contribution in [1.29, 1.82) is 0 Å². The lowest BCUT2D eigenvalue weighted by atomic mass is 10.0. The first-order valence-electron chi connectivity index (χ1n) is 7.92. The fraction of sp³-hybridized carbons (Fsp3) is 0.647. The zero-order valence-corrected chi connectivity index (χ0v) is 13.1. The summed E-state index contributed by atoms with van der Waals surface area (Å²) in [4.78, 5) is 2.46. The summed E-state index contributed by atoms with van der Waals surface area (Å²) >= 11 is 0. The maximum absolute atomic E-state index is 14.0. The summed E-state index contributed by atoms with van der Waals surface area (Å²) in [5.41, 5.74) is 6.71. The van der Waals surface area contributed by atoms with E-state index in [1.165, 1.54) is 25.3 Å². The molecule has 1 saturated heterocycles. The van der Waals surface area contributed by atoms with Gasteiger partial charge in [0.25, 0.3) is 0 Å². The third-order valence-electron chi connectivity index (χ3n) is 4.47. The molecule has 1 aromatic carbocycles. The highest BCUT2D eigenvalue weighted by molar-refractivity contribution is 5.37. The Morgan fingerprint density at radius 3 is 2.95 bits per heavy atom. The van der Waals surface area contributed by atoms with E-state index in [0.717, 1.165) is 32.0 Å². The second kappa shape index (κ2) is 7.76. The highest BCUT2D eigenvalue weighted by Gasteiger charge is 2.19. The van der Waals surface area contributed by atoms with Crippen LogP contribution in [0.1, 0.15) is 44.2 Å². The SMILES string of the molecule is COc1cccc(F)c1C(N)CCN1CCCC(C)CC1. The van der Waals surface area contributed by atoms with E-state index in [4.69, 9.17) is 10.5 Å². The van der Waals surface area contributed by atoms with Crippen molar-refractivity contribution in [3.05, 3.63) is 29.6 Å². The van der Waals surface area contributed by atoms with Crippen LogP contribution in [0.3, 0.4) is 0 Å². The number of benzene rings is 1. The van der Waals surface area contributed by atoms with Gasteiger partial charge in [0.05, 0.1) is 7.11 Å². The molecule has 1 fully saturated rings. The molecule has 0 amide bonds. The van der Waals surface area contributed by atoms with Gasteiger partial charge in [-0.1, -0.05) is 13.0 Å². The van der Waals surface area contributed by atoms with Crippen LogP contribution in [0.15, 0.2) is 18.2 Å². The lowest BCUT2D eigenvalue weighted by molar-refractivity contribution is 0.268. The van der Waals surface area contributed by atoms with Gasteiger partial charge in [0.1, 0.15) is 11.6 Å². The largest absolute Gasteiger partial charge is 0.496 e. The molecule has 2 unspecified atom stereocenters. The van der Waals surface area contributed by atoms with Gasteiger partial charge in [-0.3, -0.25) is 0 Å². The average Bonchev–Trinajstić information content (AvgIpc) is 2.69. The number of rotatable bonds is 5. The van der Waals surface area contributed by atoms with Crippen LogP contribution in [0, 0.1) is 11.7 Å². The predicted molar refractivity (Wildman–Crippen MR) is 84.0 cm³/mol. The highest BCUT2D eigenvalue weighted by atomic mass is 19.1. The normalized spacial score (nSPS) is 21.8. The molecule has 0 spiro atoms. The lowest BCUT2D eigenvalue weighted by Gasteiger charge is -2.23. The first kappa shape index (κ1) is 16.2. The number of ether oxygens (including phenoxy) is 1. The van der Waals surface area contributed by atoms with Crippen molar-refractivity contribution in [2.75, 3.05) is 26.7 Å². The molecule has 4 heteroatoms. The van der Waals surface area contributed by atoms with Crippen LogP contribution in [0.25, 0.3) is 0 Å². The second-order valence-corrected chi connectivity index (χ2v) is 6.13. The summed E-state index contributed by atoms with van der Waals surface area (Å²) in [5, 5.41) is 0. The van der Waals surface area contributed by atoms with Crippen LogP contribution in [-0.2, 0) is 0 Å². The first-order valence-corrected chi connectivity index (χ1v) is 7.92. The van der Waals surface area contributed by atoms with Gasteiger partial charge in [0, 0.05) is 11.6 Å². The minimum atomic E-state index is -0.318. The monoisotopic (exact) mass is 294 g/mol. The van der Waals surface area contributed by atoms with Gasteiger partial charge >= 0.3 is 0 Å². The van der Waals surface area contributed by atoms with Crippen molar-refractivity contribution in [1.82, 2.24) is 4.90 Å². The van der Waals surface area contributed by atoms with Crippen molar-refractivity contribution in [2.24, 2.45) is 11.7 Å². The topological polar surface area (TPSA) is 38.5 Å². The highest BCUT2D eigenvalue weighted by Crippen LogP contribution is 2.28. The number of halogens is 1. The van der Waals surface area contributed by atoms with Gasteiger partial charge in [-0.2, -0.15) is 0 Å². The van der Waals surface area contributed by atoms with Crippen LogP contribution in [0.2, 0.25) is 0 Å². The maximum Gasteiger partial charge on any atom is 0.131 e. The zero-order chi connectivity index (χ0) is 15.2. The van der Waals surface area contributed by atoms with Gasteiger partial charge < -0.3 is 15.4 Å². The van der Waals surface area contributed by atoms with E-state index in [0.29, 0.717) is 11.3 Å². The second-order valence-electron chi connectivity index (χ2n) is 6.13. The molecule has 1 heterocycles. The number of hydrogen-bond acceptors (Lipinski definition) is 3. The lowest BCUT2D eigenvalue weighted by Crippen LogP contribution is -2.29. The van der Waals surface area contributed by atoms with E-state index in [1.807, 2.05) is 0 Å². The molecule has 1 aliphatic heterocycles. The van der Waals surface area contributed by atoms with E-state index < -0.39 is 0 Å². The van der Waals surface area contributed by atoms with Crippen LogP contribution < -0.4 is 10.5 Å². The number of nitrogens with zero attached hydrogens (tertiary/aromatic N) is 1. The Balaban J connectivity index is 1.94.